The van der Waals surface area contributed by atoms with E-state index in [1.165, 1.54) is 5.69 Å². The predicted molar refractivity (Wildman–Crippen MR) is 93.3 cm³/mol. The molecule has 2 rings (SSSR count). The fraction of sp³-hybridized carbons (Fsp3) is 0.333. The van der Waals surface area contributed by atoms with Crippen molar-refractivity contribution in [3.05, 3.63) is 34.0 Å². The van der Waals surface area contributed by atoms with Crippen LogP contribution < -0.4 is 10.2 Å². The number of benzene rings is 1. The molecule has 5 heteroatoms. The van der Waals surface area contributed by atoms with Crippen LogP contribution in [0.15, 0.2) is 30.5 Å². The third-order valence-electron chi connectivity index (χ3n) is 2.93. The molecule has 0 saturated carbocycles. The molecule has 4 nitrogen and oxygen atoms in total. The highest BCUT2D eigenvalue weighted by Crippen LogP contribution is 2.22. The van der Waals surface area contributed by atoms with Crippen LogP contribution in [0, 0.1) is 3.57 Å². The molecule has 0 fully saturated rings. The van der Waals surface area contributed by atoms with Gasteiger partial charge in [0, 0.05) is 38.1 Å². The predicted octanol–water partition coefficient (Wildman–Crippen LogP) is 3.64. The van der Waals surface area contributed by atoms with E-state index >= 15 is 0 Å². The molecule has 0 aliphatic rings. The Morgan fingerprint density at radius 1 is 1.20 bits per heavy atom. The molecular weight excluding hydrogens is 363 g/mol. The molecule has 0 saturated heterocycles. The summed E-state index contributed by atoms with van der Waals surface area (Å²) in [6, 6.07) is 8.27. The van der Waals surface area contributed by atoms with Crippen molar-refractivity contribution in [2.45, 2.75) is 13.3 Å². The zero-order valence-electron chi connectivity index (χ0n) is 12.0. The number of anilines is 2. The first-order valence-corrected chi connectivity index (χ1v) is 7.74. The fourth-order valence-electron chi connectivity index (χ4n) is 1.78. The van der Waals surface area contributed by atoms with Crippen molar-refractivity contribution in [2.24, 2.45) is 0 Å². The zero-order valence-corrected chi connectivity index (χ0v) is 14.2. The normalized spacial score (nSPS) is 10.4. The molecule has 0 amide bonds. The molecule has 1 aromatic carbocycles. The Bertz CT molecular complexity index is 567. The second-order valence-electron chi connectivity index (χ2n) is 4.76. The summed E-state index contributed by atoms with van der Waals surface area (Å²) in [6.45, 7) is 3.06. The van der Waals surface area contributed by atoms with Gasteiger partial charge >= 0.3 is 0 Å². The highest BCUT2D eigenvalue weighted by molar-refractivity contribution is 14.1. The van der Waals surface area contributed by atoms with Crippen LogP contribution in [0.2, 0.25) is 0 Å². The summed E-state index contributed by atoms with van der Waals surface area (Å²) >= 11 is 2.26. The Morgan fingerprint density at radius 2 is 1.90 bits per heavy atom. The quantitative estimate of drug-likeness (QED) is 0.802. The molecule has 1 heterocycles. The van der Waals surface area contributed by atoms with Crippen molar-refractivity contribution in [1.29, 1.82) is 0 Å². The van der Waals surface area contributed by atoms with E-state index in [0.29, 0.717) is 0 Å². The average molecular weight is 382 g/mol. The lowest BCUT2D eigenvalue weighted by Crippen LogP contribution is -2.08. The van der Waals surface area contributed by atoms with Crippen molar-refractivity contribution in [3.63, 3.8) is 0 Å². The van der Waals surface area contributed by atoms with Gasteiger partial charge in [-0.2, -0.15) is 0 Å². The number of rotatable bonds is 5. The summed E-state index contributed by atoms with van der Waals surface area (Å²) in [5, 5.41) is 3.34. The molecule has 0 unspecified atom stereocenters. The van der Waals surface area contributed by atoms with E-state index in [1.807, 2.05) is 20.3 Å². The molecule has 1 N–H and O–H groups in total. The van der Waals surface area contributed by atoms with Gasteiger partial charge in [-0.25, -0.2) is 9.97 Å². The zero-order chi connectivity index (χ0) is 14.5. The Kier molecular flexibility index (Phi) is 5.17. The van der Waals surface area contributed by atoms with E-state index in [2.05, 4.69) is 74.0 Å². The van der Waals surface area contributed by atoms with E-state index in [4.69, 9.17) is 0 Å². The van der Waals surface area contributed by atoms with Gasteiger partial charge in [0.25, 0.3) is 0 Å². The average Bonchev–Trinajstić information content (AvgIpc) is 2.46. The first-order chi connectivity index (χ1) is 9.61. The first-order valence-electron chi connectivity index (χ1n) is 6.66. The maximum atomic E-state index is 4.61. The molecule has 0 spiro atoms. The first kappa shape index (κ1) is 15.0. The summed E-state index contributed by atoms with van der Waals surface area (Å²) in [5.74, 6) is 1.67. The Labute approximate surface area is 133 Å². The summed E-state index contributed by atoms with van der Waals surface area (Å²) in [4.78, 5) is 11.1. The topological polar surface area (TPSA) is 41.1 Å². The van der Waals surface area contributed by atoms with Crippen molar-refractivity contribution in [2.75, 3.05) is 30.9 Å². The van der Waals surface area contributed by atoms with Crippen LogP contribution in [0.25, 0.3) is 11.4 Å². The van der Waals surface area contributed by atoms with Gasteiger partial charge in [0.05, 0.1) is 3.57 Å². The number of nitrogens with zero attached hydrogens (tertiary/aromatic N) is 3. The lowest BCUT2D eigenvalue weighted by Gasteiger charge is -2.13. The minimum atomic E-state index is 0.759. The molecule has 0 atom stereocenters. The Hall–Kier alpha value is -1.37. The van der Waals surface area contributed by atoms with Gasteiger partial charge in [0.2, 0.25) is 0 Å². The monoisotopic (exact) mass is 382 g/mol. The fourth-order valence-corrected chi connectivity index (χ4v) is 2.23. The standard InChI is InChI=1S/C15H19IN4/c1-4-9-17-15-13(16)10-18-14(19-15)11-5-7-12(8-6-11)20(2)3/h5-8,10H,4,9H2,1-3H3,(H,17,18,19). The van der Waals surface area contributed by atoms with E-state index < -0.39 is 0 Å². The molecule has 0 aliphatic heterocycles. The van der Waals surface area contributed by atoms with Gasteiger partial charge in [-0.1, -0.05) is 6.92 Å². The van der Waals surface area contributed by atoms with E-state index in [1.54, 1.807) is 0 Å². The minimum absolute atomic E-state index is 0.759. The number of nitrogens with one attached hydrogen (secondary N) is 1. The summed E-state index contributed by atoms with van der Waals surface area (Å²) in [6.07, 6.45) is 2.94. The highest BCUT2D eigenvalue weighted by atomic mass is 127. The van der Waals surface area contributed by atoms with E-state index in [9.17, 15) is 0 Å². The minimum Gasteiger partial charge on any atom is -0.378 e. The molecule has 1 aromatic heterocycles. The van der Waals surface area contributed by atoms with Gasteiger partial charge in [0.1, 0.15) is 5.82 Å². The lowest BCUT2D eigenvalue weighted by molar-refractivity contribution is 0.963. The summed E-state index contributed by atoms with van der Waals surface area (Å²) in [7, 11) is 4.06. The van der Waals surface area contributed by atoms with E-state index in [0.717, 1.165) is 33.7 Å². The SMILES string of the molecule is CCCNc1nc(-c2ccc(N(C)C)cc2)ncc1I. The van der Waals surface area contributed by atoms with Crippen molar-refractivity contribution >= 4 is 34.1 Å². The number of hydrogen-bond acceptors (Lipinski definition) is 4. The lowest BCUT2D eigenvalue weighted by atomic mass is 10.2. The smallest absolute Gasteiger partial charge is 0.161 e. The van der Waals surface area contributed by atoms with Crippen molar-refractivity contribution < 1.29 is 0 Å². The number of hydrogen-bond donors (Lipinski definition) is 1. The van der Waals surface area contributed by atoms with Crippen LogP contribution in [0.3, 0.4) is 0 Å². The molecule has 2 aromatic rings. The van der Waals surface area contributed by atoms with Crippen LogP contribution in [0.1, 0.15) is 13.3 Å². The molecule has 0 bridgehead atoms. The second kappa shape index (κ2) is 6.88. The maximum Gasteiger partial charge on any atom is 0.161 e. The molecule has 0 aliphatic carbocycles. The third kappa shape index (κ3) is 3.59. The third-order valence-corrected chi connectivity index (χ3v) is 3.72. The van der Waals surface area contributed by atoms with Gasteiger partial charge in [0.15, 0.2) is 5.82 Å². The molecule has 106 valence electrons. The second-order valence-corrected chi connectivity index (χ2v) is 5.92. The Morgan fingerprint density at radius 3 is 2.50 bits per heavy atom. The summed E-state index contributed by atoms with van der Waals surface area (Å²) in [5.41, 5.74) is 2.20. The molecule has 20 heavy (non-hydrogen) atoms. The number of aromatic nitrogens is 2. The van der Waals surface area contributed by atoms with Crippen molar-refractivity contribution in [3.8, 4) is 11.4 Å². The highest BCUT2D eigenvalue weighted by Gasteiger charge is 2.07. The summed E-state index contributed by atoms with van der Waals surface area (Å²) < 4.78 is 1.05. The Balaban J connectivity index is 2.27. The largest absolute Gasteiger partial charge is 0.378 e. The van der Waals surface area contributed by atoms with Crippen LogP contribution in [0.5, 0.6) is 0 Å². The van der Waals surface area contributed by atoms with E-state index in [-0.39, 0.29) is 0 Å². The number of halogens is 1. The van der Waals surface area contributed by atoms with Gasteiger partial charge < -0.3 is 10.2 Å². The van der Waals surface area contributed by atoms with Crippen molar-refractivity contribution in [1.82, 2.24) is 9.97 Å². The van der Waals surface area contributed by atoms with Crippen LogP contribution in [-0.2, 0) is 0 Å². The van der Waals surface area contributed by atoms with Gasteiger partial charge in [-0.3, -0.25) is 0 Å². The van der Waals surface area contributed by atoms with Crippen LogP contribution >= 0.6 is 22.6 Å². The van der Waals surface area contributed by atoms with Crippen LogP contribution in [-0.4, -0.2) is 30.6 Å². The van der Waals surface area contributed by atoms with Gasteiger partial charge in [-0.15, -0.1) is 0 Å². The van der Waals surface area contributed by atoms with Gasteiger partial charge in [-0.05, 0) is 53.3 Å². The van der Waals surface area contributed by atoms with Crippen LogP contribution in [0.4, 0.5) is 11.5 Å². The maximum absolute atomic E-state index is 4.61. The molecular formula is C15H19IN4. The molecule has 0 radical (unpaired) electrons.